The van der Waals surface area contributed by atoms with Crippen molar-refractivity contribution in [3.8, 4) is 0 Å². The topological polar surface area (TPSA) is 40.1 Å². The summed E-state index contributed by atoms with van der Waals surface area (Å²) in [6, 6.07) is 1.38. The third-order valence-electron chi connectivity index (χ3n) is 6.85. The first-order chi connectivity index (χ1) is 11.8. The van der Waals surface area contributed by atoms with E-state index in [4.69, 9.17) is 4.74 Å². The van der Waals surface area contributed by atoms with Crippen LogP contribution < -0.4 is 5.32 Å². The maximum Gasteiger partial charge on any atom is 0.210 e. The average Bonchev–Trinajstić information content (AvgIpc) is 3.27. The van der Waals surface area contributed by atoms with Crippen molar-refractivity contribution in [1.29, 1.82) is 0 Å². The van der Waals surface area contributed by atoms with Crippen molar-refractivity contribution in [2.45, 2.75) is 62.6 Å². The van der Waals surface area contributed by atoms with Crippen molar-refractivity contribution >= 4 is 5.90 Å². The number of hydrogen-bond donors (Lipinski definition) is 1. The summed E-state index contributed by atoms with van der Waals surface area (Å²) < 4.78 is 6.25. The summed E-state index contributed by atoms with van der Waals surface area (Å²) in [5.41, 5.74) is 1.77. The van der Waals surface area contributed by atoms with Crippen LogP contribution >= 0.6 is 0 Å². The van der Waals surface area contributed by atoms with Crippen LogP contribution in [0.5, 0.6) is 0 Å². The molecular formula is C19H30N4O. The number of aliphatic imine (C=N–C) groups is 1. The van der Waals surface area contributed by atoms with Gasteiger partial charge in [0.05, 0.1) is 5.54 Å². The Balaban J connectivity index is 1.24. The molecule has 1 N–H and O–H groups in total. The average molecular weight is 330 g/mol. The van der Waals surface area contributed by atoms with Gasteiger partial charge < -0.3 is 15.0 Å². The maximum absolute atomic E-state index is 6.25. The highest BCUT2D eigenvalue weighted by Gasteiger charge is 2.45. The molecule has 0 radical (unpaired) electrons. The molecule has 0 aliphatic carbocycles. The summed E-state index contributed by atoms with van der Waals surface area (Å²) in [5, 5.41) is 3.72. The molecule has 2 bridgehead atoms. The summed E-state index contributed by atoms with van der Waals surface area (Å²) in [6.45, 7) is 6.57. The Hall–Kier alpha value is -1.07. The second kappa shape index (κ2) is 6.03. The molecule has 24 heavy (non-hydrogen) atoms. The Bertz CT molecular complexity index is 536. The van der Waals surface area contributed by atoms with Crippen molar-refractivity contribution < 1.29 is 4.74 Å². The Morgan fingerprint density at radius 1 is 1.17 bits per heavy atom. The Morgan fingerprint density at radius 3 is 2.67 bits per heavy atom. The number of nitrogens with one attached hydrogen (secondary N) is 1. The van der Waals surface area contributed by atoms with E-state index >= 15 is 0 Å². The largest absolute Gasteiger partial charge is 0.476 e. The van der Waals surface area contributed by atoms with Crippen LogP contribution in [0, 0.1) is 0 Å². The molecule has 0 saturated carbocycles. The molecule has 0 amide bonds. The maximum atomic E-state index is 6.25. The van der Waals surface area contributed by atoms with E-state index in [0.717, 1.165) is 38.6 Å². The van der Waals surface area contributed by atoms with Crippen LogP contribution in [-0.4, -0.2) is 72.7 Å². The van der Waals surface area contributed by atoms with E-state index in [1.807, 2.05) is 0 Å². The van der Waals surface area contributed by atoms with Gasteiger partial charge in [-0.25, -0.2) is 0 Å². The Morgan fingerprint density at radius 2 is 1.92 bits per heavy atom. The molecule has 132 valence electrons. The SMILES string of the molecule is C1=C(N2CC3CCC(C2)N3)CCN=C1OCC12CCCN1CCC2. The van der Waals surface area contributed by atoms with Crippen LogP contribution in [-0.2, 0) is 4.74 Å². The zero-order chi connectivity index (χ0) is 16.0. The van der Waals surface area contributed by atoms with E-state index < -0.39 is 0 Å². The summed E-state index contributed by atoms with van der Waals surface area (Å²) >= 11 is 0. The second-order valence-electron chi connectivity index (χ2n) is 8.36. The van der Waals surface area contributed by atoms with Crippen molar-refractivity contribution in [3.05, 3.63) is 11.8 Å². The van der Waals surface area contributed by atoms with Gasteiger partial charge in [-0.15, -0.1) is 0 Å². The van der Waals surface area contributed by atoms with Crippen LogP contribution in [0.25, 0.3) is 0 Å². The van der Waals surface area contributed by atoms with Crippen LogP contribution in [0.15, 0.2) is 16.8 Å². The molecule has 5 heterocycles. The lowest BCUT2D eigenvalue weighted by Gasteiger charge is -2.37. The quantitative estimate of drug-likeness (QED) is 0.856. The van der Waals surface area contributed by atoms with Gasteiger partial charge in [-0.1, -0.05) is 0 Å². The number of fused-ring (bicyclic) bond motifs is 3. The van der Waals surface area contributed by atoms with E-state index in [1.54, 1.807) is 0 Å². The van der Waals surface area contributed by atoms with Gasteiger partial charge in [0.1, 0.15) is 6.61 Å². The van der Waals surface area contributed by atoms with Gasteiger partial charge in [0.15, 0.2) is 0 Å². The summed E-state index contributed by atoms with van der Waals surface area (Å²) in [6.07, 6.45) is 11.3. The summed E-state index contributed by atoms with van der Waals surface area (Å²) in [7, 11) is 0. The molecule has 5 heteroatoms. The van der Waals surface area contributed by atoms with Crippen LogP contribution in [0.3, 0.4) is 0 Å². The van der Waals surface area contributed by atoms with Gasteiger partial charge in [0, 0.05) is 49.9 Å². The first-order valence-corrected chi connectivity index (χ1v) is 9.95. The normalized spacial score (nSPS) is 34.9. The number of ether oxygens (including phenoxy) is 1. The fraction of sp³-hybridized carbons (Fsp3) is 0.842. The van der Waals surface area contributed by atoms with Crippen LogP contribution in [0.4, 0.5) is 0 Å². The van der Waals surface area contributed by atoms with Gasteiger partial charge in [0.2, 0.25) is 5.90 Å². The van der Waals surface area contributed by atoms with E-state index in [9.17, 15) is 0 Å². The van der Waals surface area contributed by atoms with Gasteiger partial charge >= 0.3 is 0 Å². The first kappa shape index (κ1) is 15.2. The van der Waals surface area contributed by atoms with Gasteiger partial charge in [-0.2, -0.15) is 0 Å². The van der Waals surface area contributed by atoms with E-state index in [2.05, 4.69) is 26.2 Å². The fourth-order valence-corrected chi connectivity index (χ4v) is 5.58. The Labute approximate surface area is 145 Å². The van der Waals surface area contributed by atoms with Crippen molar-refractivity contribution in [1.82, 2.24) is 15.1 Å². The zero-order valence-corrected chi connectivity index (χ0v) is 14.7. The molecule has 5 aliphatic rings. The van der Waals surface area contributed by atoms with Gasteiger partial charge in [0.25, 0.3) is 0 Å². The summed E-state index contributed by atoms with van der Waals surface area (Å²) in [5.74, 6) is 0.884. The molecule has 2 unspecified atom stereocenters. The van der Waals surface area contributed by atoms with E-state index in [1.165, 1.54) is 57.3 Å². The number of piperazine rings is 1. The van der Waals surface area contributed by atoms with Gasteiger partial charge in [-0.05, 0) is 51.6 Å². The van der Waals surface area contributed by atoms with Crippen LogP contribution in [0.2, 0.25) is 0 Å². The lowest BCUT2D eigenvalue weighted by Crippen LogP contribution is -2.50. The lowest BCUT2D eigenvalue weighted by atomic mass is 9.95. The molecule has 0 aromatic heterocycles. The molecule has 0 aromatic carbocycles. The predicted octanol–water partition coefficient (Wildman–Crippen LogP) is 1.75. The highest BCUT2D eigenvalue weighted by atomic mass is 16.5. The Kier molecular flexibility index (Phi) is 3.82. The lowest BCUT2D eigenvalue weighted by molar-refractivity contribution is 0.107. The number of nitrogens with zero attached hydrogens (tertiary/aromatic N) is 3. The minimum Gasteiger partial charge on any atom is -0.476 e. The highest BCUT2D eigenvalue weighted by molar-refractivity contribution is 5.89. The smallest absolute Gasteiger partial charge is 0.210 e. The third kappa shape index (κ3) is 2.66. The molecule has 5 aliphatic heterocycles. The fourth-order valence-electron chi connectivity index (χ4n) is 5.58. The molecule has 5 nitrogen and oxygen atoms in total. The number of rotatable bonds is 3. The standard InChI is InChI=1S/C19H30N4O/c1-6-19(7-2-10-23(19)9-1)14-24-18-11-17(5-8-20-18)22-12-15-3-4-16(13-22)21-15/h11,15-16,21H,1-10,12-14H2. The summed E-state index contributed by atoms with van der Waals surface area (Å²) in [4.78, 5) is 9.91. The predicted molar refractivity (Wildman–Crippen MR) is 95.2 cm³/mol. The third-order valence-corrected chi connectivity index (χ3v) is 6.85. The van der Waals surface area contributed by atoms with Gasteiger partial charge in [-0.3, -0.25) is 9.89 Å². The molecule has 5 rings (SSSR count). The van der Waals surface area contributed by atoms with Crippen molar-refractivity contribution in [2.24, 2.45) is 4.99 Å². The zero-order valence-electron chi connectivity index (χ0n) is 14.7. The van der Waals surface area contributed by atoms with Crippen LogP contribution in [0.1, 0.15) is 44.9 Å². The minimum absolute atomic E-state index is 0.322. The highest BCUT2D eigenvalue weighted by Crippen LogP contribution is 2.39. The molecule has 4 fully saturated rings. The van der Waals surface area contributed by atoms with Crippen molar-refractivity contribution in [2.75, 3.05) is 39.3 Å². The number of likely N-dealkylation sites (tertiary alicyclic amines) is 1. The number of hydrogen-bond acceptors (Lipinski definition) is 5. The second-order valence-corrected chi connectivity index (χ2v) is 8.36. The monoisotopic (exact) mass is 330 g/mol. The number of dihydropyridines is 1. The van der Waals surface area contributed by atoms with E-state index in [0.29, 0.717) is 17.6 Å². The molecule has 4 saturated heterocycles. The molecule has 0 aromatic rings. The molecule has 2 atom stereocenters. The first-order valence-electron chi connectivity index (χ1n) is 9.95. The minimum atomic E-state index is 0.322. The van der Waals surface area contributed by atoms with Crippen molar-refractivity contribution in [3.63, 3.8) is 0 Å². The molecular weight excluding hydrogens is 300 g/mol. The van der Waals surface area contributed by atoms with E-state index in [-0.39, 0.29) is 0 Å². The molecule has 0 spiro atoms.